The van der Waals surface area contributed by atoms with Crippen molar-refractivity contribution in [1.82, 2.24) is 26.1 Å². The number of ether oxygens (including phenoxy) is 1. The Morgan fingerprint density at radius 2 is 1.76 bits per heavy atom. The molecule has 0 radical (unpaired) electrons. The number of Topliss-reactive ketones (excluding diaryl/α,β-unsaturated/α-hetero) is 1. The summed E-state index contributed by atoms with van der Waals surface area (Å²) in [6.07, 6.45) is 9.38. The van der Waals surface area contributed by atoms with E-state index in [-0.39, 0.29) is 49.5 Å². The zero-order valence-electron chi connectivity index (χ0n) is 36.1. The lowest BCUT2D eigenvalue weighted by atomic mass is 9.84. The Morgan fingerprint density at radius 1 is 1.00 bits per heavy atom. The van der Waals surface area contributed by atoms with Crippen molar-refractivity contribution in [2.45, 2.75) is 122 Å². The van der Waals surface area contributed by atoms with Crippen molar-refractivity contribution in [1.29, 1.82) is 0 Å². The molecule has 3 aliphatic heterocycles. The number of aliphatic hydroxyl groups is 2. The van der Waals surface area contributed by atoms with Gasteiger partial charge in [0.1, 0.15) is 41.6 Å². The number of aliphatic hydroxyl groups excluding tert-OH is 2. The normalized spacial score (nSPS) is 29.0. The van der Waals surface area contributed by atoms with E-state index in [0.717, 1.165) is 25.0 Å². The molecule has 1 unspecified atom stereocenters. The molecular weight excluding hydrogens is 806 g/mol. The van der Waals surface area contributed by atoms with Gasteiger partial charge in [-0.3, -0.25) is 33.8 Å². The zero-order valence-corrected chi connectivity index (χ0v) is 36.1. The maximum atomic E-state index is 14.4. The van der Waals surface area contributed by atoms with Crippen molar-refractivity contribution in [3.05, 3.63) is 77.7 Å². The predicted octanol–water partition coefficient (Wildman–Crippen LogP) is 3.02. The van der Waals surface area contributed by atoms with Crippen LogP contribution in [0, 0.1) is 23.6 Å². The summed E-state index contributed by atoms with van der Waals surface area (Å²) in [7, 11) is 0. The van der Waals surface area contributed by atoms with Crippen LogP contribution in [0.1, 0.15) is 85.1 Å². The molecule has 6 N–H and O–H groups in total. The Kier molecular flexibility index (Phi) is 19.0. The molecule has 0 spiro atoms. The number of esters is 1. The van der Waals surface area contributed by atoms with Crippen LogP contribution in [0.3, 0.4) is 0 Å². The molecular formula is C45H62FN5O11. The van der Waals surface area contributed by atoms with Gasteiger partial charge in [0.05, 0.1) is 24.7 Å². The number of hydrogen-bond acceptors (Lipinski definition) is 12. The van der Waals surface area contributed by atoms with E-state index in [1.54, 1.807) is 52.0 Å². The second-order valence-corrected chi connectivity index (χ2v) is 16.5. The lowest BCUT2D eigenvalue weighted by molar-refractivity contribution is -0.191. The average Bonchev–Trinajstić information content (AvgIpc) is 3.23. The van der Waals surface area contributed by atoms with Gasteiger partial charge in [0.15, 0.2) is 0 Å². The summed E-state index contributed by atoms with van der Waals surface area (Å²) >= 11 is 0. The number of hydroxylamine groups is 2. The van der Waals surface area contributed by atoms with Gasteiger partial charge >= 0.3 is 5.97 Å². The molecule has 0 aromatic heterocycles. The molecule has 0 aliphatic carbocycles. The van der Waals surface area contributed by atoms with Crippen LogP contribution in [0.5, 0.6) is 5.75 Å². The minimum absolute atomic E-state index is 0.0610. The van der Waals surface area contributed by atoms with Crippen LogP contribution in [-0.2, 0) is 44.8 Å². The number of fused-ring (bicyclic) bond motifs is 2. The average molecular weight is 868 g/mol. The number of amides is 4. The summed E-state index contributed by atoms with van der Waals surface area (Å²) in [4.78, 5) is 86.3. The van der Waals surface area contributed by atoms with Crippen LogP contribution in [0.25, 0.3) is 0 Å². The highest BCUT2D eigenvalue weighted by molar-refractivity contribution is 5.93. The number of carbonyl (C=O) groups excluding carboxylic acids is 6. The smallest absolute Gasteiger partial charge is 0.325 e. The van der Waals surface area contributed by atoms with E-state index >= 15 is 0 Å². The highest BCUT2D eigenvalue weighted by Crippen LogP contribution is 2.24. The van der Waals surface area contributed by atoms with E-state index < -0.39 is 89.4 Å². The third-order valence-electron chi connectivity index (χ3n) is 11.1. The summed E-state index contributed by atoms with van der Waals surface area (Å²) in [5, 5.41) is 40.6. The molecule has 17 heteroatoms. The number of carbonyl (C=O) groups is 6. The van der Waals surface area contributed by atoms with Gasteiger partial charge in [-0.15, -0.1) is 0 Å². The number of benzene rings is 1. The van der Waals surface area contributed by atoms with Gasteiger partial charge in [-0.05, 0) is 75.1 Å². The third-order valence-corrected chi connectivity index (χ3v) is 11.1. The largest absolute Gasteiger partial charge is 0.508 e. The first-order chi connectivity index (χ1) is 29.4. The van der Waals surface area contributed by atoms with Gasteiger partial charge in [0.2, 0.25) is 11.8 Å². The first-order valence-corrected chi connectivity index (χ1v) is 21.3. The molecule has 1 aromatic carbocycles. The van der Waals surface area contributed by atoms with E-state index in [0.29, 0.717) is 31.6 Å². The fraction of sp³-hybridized carbons (Fsp3) is 0.556. The molecule has 62 heavy (non-hydrogen) atoms. The second-order valence-electron chi connectivity index (χ2n) is 16.5. The van der Waals surface area contributed by atoms with Gasteiger partial charge in [-0.1, -0.05) is 57.2 Å². The molecule has 2 saturated heterocycles. The quantitative estimate of drug-likeness (QED) is 0.120. The van der Waals surface area contributed by atoms with Crippen molar-refractivity contribution in [3.63, 3.8) is 0 Å². The summed E-state index contributed by atoms with van der Waals surface area (Å²) in [6, 6.07) is -0.401. The van der Waals surface area contributed by atoms with Crippen LogP contribution < -0.4 is 16.1 Å². The zero-order chi connectivity index (χ0) is 45.5. The number of hydrogen-bond donors (Lipinski definition) is 6. The number of aromatic hydroxyl groups is 1. The Labute approximate surface area is 362 Å². The van der Waals surface area contributed by atoms with Crippen molar-refractivity contribution < 1.29 is 58.1 Å². The Morgan fingerprint density at radius 3 is 2.44 bits per heavy atom. The van der Waals surface area contributed by atoms with E-state index in [1.165, 1.54) is 41.3 Å². The molecule has 4 amide bonds. The molecule has 2 bridgehead atoms. The number of halogens is 1. The number of nitrogens with zero attached hydrogens (tertiary/aromatic N) is 2. The maximum Gasteiger partial charge on any atom is 0.325 e. The Bertz CT molecular complexity index is 1860. The minimum Gasteiger partial charge on any atom is -0.508 e. The minimum atomic E-state index is -1.46. The number of hydrazine groups is 1. The summed E-state index contributed by atoms with van der Waals surface area (Å²) in [5.74, 6) is -7.33. The molecule has 340 valence electrons. The molecule has 2 fully saturated rings. The summed E-state index contributed by atoms with van der Waals surface area (Å²) in [5.41, 5.74) is 3.69. The Balaban J connectivity index is 1.71. The fourth-order valence-corrected chi connectivity index (χ4v) is 7.36. The topological polar surface area (TPSA) is 224 Å². The number of rotatable bonds is 9. The van der Waals surface area contributed by atoms with Crippen LogP contribution in [0.4, 0.5) is 4.39 Å². The standard InChI is InChI=1S/C45H62FN5O11/c1-27(2)40-43(58)47-36(25-31-23-32(46)26-33(53)24-31)44(59)50-20-12-14-35(49-50)45(60)62-38(28(3)13-11-17-39(55)51-21-9-10-22-61-51)16-8-6-7-15-37(54)30(5)41(56)34(42(57)48-40)19-18-29(4)52/h6-8,11,13,15,17,23-24,26-27,30,34-38,40-41,49,53-54,56H,9-10,12,14,16,18-22,25H2,1-5H3,(H,47,58)(H,48,57)/b8-6-,15-7-,17-11+,28-13+/t30-,34+,35?,36-,37-,38-,40-,41+/m0/s1. The second kappa shape index (κ2) is 23.8. The lowest BCUT2D eigenvalue weighted by Crippen LogP contribution is -2.62. The number of phenols is 1. The molecule has 4 rings (SSSR count). The number of ketones is 1. The van der Waals surface area contributed by atoms with Crippen molar-refractivity contribution in [2.75, 3.05) is 19.7 Å². The van der Waals surface area contributed by atoms with Crippen LogP contribution in [0.15, 0.2) is 66.3 Å². The predicted molar refractivity (Wildman–Crippen MR) is 225 cm³/mol. The first-order valence-electron chi connectivity index (χ1n) is 21.3. The highest BCUT2D eigenvalue weighted by atomic mass is 19.1. The van der Waals surface area contributed by atoms with Gasteiger partial charge in [-0.2, -0.15) is 0 Å². The van der Waals surface area contributed by atoms with Gasteiger partial charge in [0, 0.05) is 50.4 Å². The van der Waals surface area contributed by atoms with E-state index in [4.69, 9.17) is 9.57 Å². The number of phenolic OH excluding ortho intramolecular Hbond substituents is 1. The first kappa shape index (κ1) is 49.4. The number of nitrogens with one attached hydrogen (secondary N) is 3. The molecule has 3 heterocycles. The van der Waals surface area contributed by atoms with Gasteiger partial charge < -0.3 is 35.5 Å². The van der Waals surface area contributed by atoms with E-state index in [2.05, 4.69) is 16.1 Å². The van der Waals surface area contributed by atoms with E-state index in [9.17, 15) is 48.5 Å². The van der Waals surface area contributed by atoms with Crippen LogP contribution in [-0.4, -0.2) is 117 Å². The number of cyclic esters (lactones) is 1. The fourth-order valence-electron chi connectivity index (χ4n) is 7.36. The van der Waals surface area contributed by atoms with Gasteiger partial charge in [0.25, 0.3) is 11.8 Å². The number of allylic oxidation sites excluding steroid dienone is 4. The van der Waals surface area contributed by atoms with Crippen LogP contribution in [0.2, 0.25) is 0 Å². The molecule has 3 aliphatic rings. The summed E-state index contributed by atoms with van der Waals surface area (Å²) < 4.78 is 20.5. The van der Waals surface area contributed by atoms with Gasteiger partial charge in [-0.25, -0.2) is 14.9 Å². The van der Waals surface area contributed by atoms with Crippen molar-refractivity contribution in [3.8, 4) is 5.75 Å². The van der Waals surface area contributed by atoms with Crippen LogP contribution >= 0.6 is 0 Å². The SMILES string of the molecule is CC(=O)CC[C@H]1C(=O)N[C@@H](C(C)C)C(=O)N[C@@H](Cc2cc(O)cc(F)c2)C(=O)N2CCCC(N2)C(=O)O[C@H](/C(C)=C/C=C/C(=O)N2CCCCO2)C/C=C\C=C/[C@H](O)[C@H](C)[C@H]1O. The molecule has 8 atom stereocenters. The molecule has 0 saturated carbocycles. The molecule has 16 nitrogen and oxygen atoms in total. The monoisotopic (exact) mass is 867 g/mol. The van der Waals surface area contributed by atoms with E-state index in [1.807, 2.05) is 0 Å². The lowest BCUT2D eigenvalue weighted by Gasteiger charge is -2.36. The highest BCUT2D eigenvalue weighted by Gasteiger charge is 2.39. The van der Waals surface area contributed by atoms with Crippen molar-refractivity contribution in [2.24, 2.45) is 17.8 Å². The Hall–Kier alpha value is -5.23. The van der Waals surface area contributed by atoms with Crippen molar-refractivity contribution >= 4 is 35.4 Å². The molecule has 1 aromatic rings. The third kappa shape index (κ3) is 14.7. The summed E-state index contributed by atoms with van der Waals surface area (Å²) in [6.45, 7) is 9.00. The maximum absolute atomic E-state index is 14.4.